The lowest BCUT2D eigenvalue weighted by Crippen LogP contribution is -2.42. The average Bonchev–Trinajstić information content (AvgIpc) is 2.97. The first kappa shape index (κ1) is 24.1. The topological polar surface area (TPSA) is 24.5 Å². The number of halogens is 1. The van der Waals surface area contributed by atoms with Crippen molar-refractivity contribution in [1.29, 1.82) is 0 Å². The van der Waals surface area contributed by atoms with E-state index in [-0.39, 0.29) is 16.2 Å². The van der Waals surface area contributed by atoms with Gasteiger partial charge in [-0.15, -0.1) is 0 Å². The molecule has 0 atom stereocenters. The van der Waals surface area contributed by atoms with Gasteiger partial charge in [-0.2, -0.15) is 0 Å². The van der Waals surface area contributed by atoms with Crippen molar-refractivity contribution in [2.75, 3.05) is 10.2 Å². The van der Waals surface area contributed by atoms with Crippen molar-refractivity contribution in [3.05, 3.63) is 101 Å². The number of nitrogens with zero attached hydrogens (tertiary/aromatic N) is 1. The number of rotatable bonds is 3. The van der Waals surface area contributed by atoms with Crippen molar-refractivity contribution in [2.24, 2.45) is 5.41 Å². The van der Waals surface area contributed by atoms with Gasteiger partial charge in [-0.05, 0) is 91.8 Å². The Morgan fingerprint density at radius 1 is 0.676 bits per heavy atom. The van der Waals surface area contributed by atoms with Gasteiger partial charge in [0, 0.05) is 21.9 Å². The van der Waals surface area contributed by atoms with Crippen molar-refractivity contribution in [1.82, 2.24) is 0 Å². The molecule has 37 heavy (non-hydrogen) atoms. The molecule has 0 bridgehead atoms. The summed E-state index contributed by atoms with van der Waals surface area (Å²) in [6.45, 7) is 14.3. The molecule has 0 amide bonds. The number of anilines is 5. The van der Waals surface area contributed by atoms with Gasteiger partial charge in [0.1, 0.15) is 0 Å². The number of hydrogen-bond acceptors (Lipinski definition) is 3. The molecule has 1 heterocycles. The molecule has 2 aliphatic rings. The minimum absolute atomic E-state index is 0.0435. The summed E-state index contributed by atoms with van der Waals surface area (Å²) in [6.07, 6.45) is 0. The summed E-state index contributed by atoms with van der Waals surface area (Å²) in [5.74, 6) is 1.67. The van der Waals surface area contributed by atoms with Crippen LogP contribution < -0.4 is 15.0 Å². The Balaban J connectivity index is 1.40. The van der Waals surface area contributed by atoms with Crippen molar-refractivity contribution < 1.29 is 4.74 Å². The molecule has 188 valence electrons. The molecule has 3 nitrogen and oxygen atoms in total. The van der Waals surface area contributed by atoms with Crippen LogP contribution in [-0.2, 0) is 10.8 Å². The zero-order valence-corrected chi connectivity index (χ0v) is 23.9. The molecule has 0 aromatic heterocycles. The number of nitrogens with one attached hydrogen (secondary N) is 1. The standard InChI is InChI=1S/C33H33BrN2O/c1-31(2)23-19-25(34)26(20-24(23)32(3,4)33(31,5)6)35-21-16-17-28-30(18-21)37-29-15-11-10-14-27(29)36(28)22-12-8-7-9-13-22/h7-20,35H,1-6H3. The molecule has 4 heteroatoms. The third kappa shape index (κ3) is 3.45. The van der Waals surface area contributed by atoms with E-state index >= 15 is 0 Å². The van der Waals surface area contributed by atoms with Gasteiger partial charge in [-0.25, -0.2) is 0 Å². The van der Waals surface area contributed by atoms with Crippen molar-refractivity contribution in [2.45, 2.75) is 52.4 Å². The van der Waals surface area contributed by atoms with Crippen LogP contribution in [0.15, 0.2) is 89.4 Å². The highest BCUT2D eigenvalue weighted by molar-refractivity contribution is 9.10. The molecule has 0 unspecified atom stereocenters. The van der Waals surface area contributed by atoms with Crippen LogP contribution in [0.25, 0.3) is 0 Å². The number of para-hydroxylation sites is 3. The third-order valence-electron chi connectivity index (χ3n) is 9.40. The fourth-order valence-corrected chi connectivity index (χ4v) is 6.45. The van der Waals surface area contributed by atoms with Crippen LogP contribution in [0.4, 0.5) is 28.4 Å². The highest BCUT2D eigenvalue weighted by atomic mass is 79.9. The van der Waals surface area contributed by atoms with E-state index in [1.54, 1.807) is 0 Å². The maximum Gasteiger partial charge on any atom is 0.153 e. The number of fused-ring (bicyclic) bond motifs is 3. The fourth-order valence-electron chi connectivity index (χ4n) is 6.00. The summed E-state index contributed by atoms with van der Waals surface area (Å²) in [7, 11) is 0. The fraction of sp³-hybridized carbons (Fsp3) is 0.273. The highest BCUT2D eigenvalue weighted by Crippen LogP contribution is 2.62. The van der Waals surface area contributed by atoms with E-state index in [2.05, 4.69) is 134 Å². The van der Waals surface area contributed by atoms with Crippen LogP contribution in [0.2, 0.25) is 0 Å². The Morgan fingerprint density at radius 2 is 1.30 bits per heavy atom. The molecule has 1 aliphatic carbocycles. The zero-order chi connectivity index (χ0) is 26.2. The summed E-state index contributed by atoms with van der Waals surface area (Å²) in [5.41, 5.74) is 8.28. The lowest BCUT2D eigenvalue weighted by atomic mass is 9.59. The highest BCUT2D eigenvalue weighted by Gasteiger charge is 2.56. The van der Waals surface area contributed by atoms with Gasteiger partial charge in [0.2, 0.25) is 0 Å². The number of benzene rings is 4. The number of hydrogen-bond donors (Lipinski definition) is 1. The Bertz CT molecular complexity index is 1520. The van der Waals surface area contributed by atoms with Crippen LogP contribution in [-0.4, -0.2) is 0 Å². The molecule has 0 spiro atoms. The summed E-state index contributed by atoms with van der Waals surface area (Å²) in [6, 6.07) is 29.6. The van der Waals surface area contributed by atoms with E-state index < -0.39 is 0 Å². The van der Waals surface area contributed by atoms with Gasteiger partial charge >= 0.3 is 0 Å². The zero-order valence-electron chi connectivity index (χ0n) is 22.3. The largest absolute Gasteiger partial charge is 0.453 e. The predicted octanol–water partition coefficient (Wildman–Crippen LogP) is 10.4. The maximum absolute atomic E-state index is 6.41. The van der Waals surface area contributed by atoms with E-state index in [9.17, 15) is 0 Å². The van der Waals surface area contributed by atoms with Gasteiger partial charge in [0.25, 0.3) is 0 Å². The van der Waals surface area contributed by atoms with Crippen LogP contribution >= 0.6 is 15.9 Å². The molecule has 0 saturated heterocycles. The second-order valence-electron chi connectivity index (χ2n) is 11.8. The van der Waals surface area contributed by atoms with Gasteiger partial charge in [-0.3, -0.25) is 0 Å². The first-order valence-corrected chi connectivity index (χ1v) is 13.7. The molecule has 4 aromatic rings. The quantitative estimate of drug-likeness (QED) is 0.241. The van der Waals surface area contributed by atoms with Crippen LogP contribution in [0, 0.1) is 5.41 Å². The lowest BCUT2D eigenvalue weighted by Gasteiger charge is -2.44. The smallest absolute Gasteiger partial charge is 0.153 e. The first-order valence-electron chi connectivity index (χ1n) is 12.9. The molecule has 0 fully saturated rings. The second kappa shape index (κ2) is 8.13. The monoisotopic (exact) mass is 552 g/mol. The minimum atomic E-state index is 0.0435. The van der Waals surface area contributed by atoms with Crippen LogP contribution in [0.3, 0.4) is 0 Å². The Morgan fingerprint density at radius 3 is 2.03 bits per heavy atom. The molecule has 0 saturated carbocycles. The van der Waals surface area contributed by atoms with Gasteiger partial charge in [0.05, 0.1) is 17.1 Å². The Hall–Kier alpha value is -3.24. The average molecular weight is 554 g/mol. The molecule has 6 rings (SSSR count). The predicted molar refractivity (Wildman–Crippen MR) is 158 cm³/mol. The molecule has 0 radical (unpaired) electrons. The van der Waals surface area contributed by atoms with E-state index in [1.165, 1.54) is 11.1 Å². The van der Waals surface area contributed by atoms with Gasteiger partial charge < -0.3 is 15.0 Å². The first-order chi connectivity index (χ1) is 17.5. The minimum Gasteiger partial charge on any atom is -0.453 e. The summed E-state index contributed by atoms with van der Waals surface area (Å²) in [5, 5.41) is 3.68. The van der Waals surface area contributed by atoms with Crippen molar-refractivity contribution >= 4 is 44.4 Å². The maximum atomic E-state index is 6.41. The SMILES string of the molecule is CC1(C)c2cc(Br)c(Nc3ccc4c(c3)Oc3ccccc3N4c3ccccc3)cc2C(C)(C)C1(C)C. The number of ether oxygens (including phenoxy) is 1. The summed E-state index contributed by atoms with van der Waals surface area (Å²) >= 11 is 3.87. The normalized spacial score (nSPS) is 17.9. The van der Waals surface area contributed by atoms with Crippen molar-refractivity contribution in [3.8, 4) is 11.5 Å². The van der Waals surface area contributed by atoms with E-state index in [1.807, 2.05) is 18.2 Å². The van der Waals surface area contributed by atoms with E-state index in [0.29, 0.717) is 0 Å². The molecule has 1 N–H and O–H groups in total. The Kier molecular flexibility index (Phi) is 5.30. The van der Waals surface area contributed by atoms with Crippen LogP contribution in [0.1, 0.15) is 52.7 Å². The van der Waals surface area contributed by atoms with Gasteiger partial charge in [-0.1, -0.05) is 71.9 Å². The molecular formula is C33H33BrN2O. The molecular weight excluding hydrogens is 520 g/mol. The third-order valence-corrected chi connectivity index (χ3v) is 10.1. The van der Waals surface area contributed by atoms with Gasteiger partial charge in [0.15, 0.2) is 11.5 Å². The lowest BCUT2D eigenvalue weighted by molar-refractivity contribution is 0.125. The van der Waals surface area contributed by atoms with E-state index in [4.69, 9.17) is 4.74 Å². The second-order valence-corrected chi connectivity index (χ2v) is 12.7. The Labute approximate surface area is 228 Å². The van der Waals surface area contributed by atoms with Crippen LogP contribution in [0.5, 0.6) is 11.5 Å². The molecule has 4 aromatic carbocycles. The summed E-state index contributed by atoms with van der Waals surface area (Å²) < 4.78 is 7.48. The van der Waals surface area contributed by atoms with E-state index in [0.717, 1.165) is 44.4 Å². The summed E-state index contributed by atoms with van der Waals surface area (Å²) in [4.78, 5) is 2.26. The van der Waals surface area contributed by atoms with Crippen molar-refractivity contribution in [3.63, 3.8) is 0 Å². The molecule has 1 aliphatic heterocycles.